The van der Waals surface area contributed by atoms with Crippen molar-refractivity contribution in [2.45, 2.75) is 20.1 Å². The van der Waals surface area contributed by atoms with Gasteiger partial charge in [-0.15, -0.1) is 0 Å². The van der Waals surface area contributed by atoms with Gasteiger partial charge in [-0.1, -0.05) is 29.8 Å². The lowest BCUT2D eigenvalue weighted by Crippen LogP contribution is -2.23. The molecule has 30 heavy (non-hydrogen) atoms. The molecule has 0 saturated heterocycles. The van der Waals surface area contributed by atoms with Gasteiger partial charge in [-0.2, -0.15) is 0 Å². The Morgan fingerprint density at radius 2 is 1.87 bits per heavy atom. The van der Waals surface area contributed by atoms with Crippen LogP contribution in [0.1, 0.15) is 37.5 Å². The average Bonchev–Trinajstić information content (AvgIpc) is 2.77. The number of aromatic nitrogens is 1. The molecule has 0 atom stereocenters. The third-order valence-electron chi connectivity index (χ3n) is 4.52. The lowest BCUT2D eigenvalue weighted by atomic mass is 10.1. The number of nitrogens with one attached hydrogen (secondary N) is 1. The molecule has 2 aromatic carbocycles. The molecular weight excluding hydrogens is 404 g/mol. The van der Waals surface area contributed by atoms with Crippen LogP contribution in [0.5, 0.6) is 5.75 Å². The van der Waals surface area contributed by atoms with Gasteiger partial charge in [0.2, 0.25) is 0 Å². The van der Waals surface area contributed by atoms with Crippen LogP contribution in [0.2, 0.25) is 5.02 Å². The molecule has 3 aromatic rings. The van der Waals surface area contributed by atoms with Gasteiger partial charge in [0.25, 0.3) is 5.91 Å². The number of rotatable bonds is 7. The smallest absolute Gasteiger partial charge is 0.337 e. The number of methoxy groups -OCH3 is 1. The number of pyridine rings is 1. The van der Waals surface area contributed by atoms with Gasteiger partial charge in [0.05, 0.1) is 23.3 Å². The largest absolute Gasteiger partial charge is 0.489 e. The van der Waals surface area contributed by atoms with Gasteiger partial charge >= 0.3 is 5.97 Å². The Bertz CT molecular complexity index is 1050. The zero-order valence-electron chi connectivity index (χ0n) is 16.6. The van der Waals surface area contributed by atoms with E-state index in [1.807, 2.05) is 19.1 Å². The molecule has 0 aliphatic heterocycles. The summed E-state index contributed by atoms with van der Waals surface area (Å²) in [5, 5.41) is 3.16. The van der Waals surface area contributed by atoms with Crippen LogP contribution in [-0.4, -0.2) is 24.0 Å². The van der Waals surface area contributed by atoms with Gasteiger partial charge in [-0.05, 0) is 48.9 Å². The van der Waals surface area contributed by atoms with Gasteiger partial charge in [0, 0.05) is 24.0 Å². The van der Waals surface area contributed by atoms with Crippen LogP contribution >= 0.6 is 11.6 Å². The predicted octanol–water partition coefficient (Wildman–Crippen LogP) is 4.34. The molecule has 3 rings (SSSR count). The minimum absolute atomic E-state index is 0.288. The predicted molar refractivity (Wildman–Crippen MR) is 114 cm³/mol. The van der Waals surface area contributed by atoms with Crippen LogP contribution in [0.25, 0.3) is 0 Å². The number of esters is 1. The molecule has 0 radical (unpaired) electrons. The molecular formula is C23H21ClN2O4. The molecule has 154 valence electrons. The number of hydrogen-bond acceptors (Lipinski definition) is 5. The van der Waals surface area contributed by atoms with Gasteiger partial charge in [0.15, 0.2) is 0 Å². The molecule has 0 bridgehead atoms. The molecule has 6 nitrogen and oxygen atoms in total. The Morgan fingerprint density at radius 1 is 1.10 bits per heavy atom. The first-order chi connectivity index (χ1) is 14.5. The van der Waals surface area contributed by atoms with Crippen LogP contribution in [-0.2, 0) is 17.9 Å². The van der Waals surface area contributed by atoms with Crippen molar-refractivity contribution in [3.8, 4) is 5.75 Å². The zero-order chi connectivity index (χ0) is 21.5. The Morgan fingerprint density at radius 3 is 2.57 bits per heavy atom. The van der Waals surface area contributed by atoms with Crippen LogP contribution < -0.4 is 10.1 Å². The van der Waals surface area contributed by atoms with Crippen LogP contribution in [0.15, 0.2) is 60.8 Å². The van der Waals surface area contributed by atoms with Crippen LogP contribution in [0.3, 0.4) is 0 Å². The summed E-state index contributed by atoms with van der Waals surface area (Å²) >= 11 is 6.21. The maximum absolute atomic E-state index is 12.6. The van der Waals surface area contributed by atoms with Crippen molar-refractivity contribution >= 4 is 23.5 Å². The van der Waals surface area contributed by atoms with E-state index in [9.17, 15) is 9.59 Å². The summed E-state index contributed by atoms with van der Waals surface area (Å²) < 4.78 is 10.5. The molecule has 0 saturated carbocycles. The number of halogens is 1. The Kier molecular flexibility index (Phi) is 7.03. The molecule has 0 spiro atoms. The normalized spacial score (nSPS) is 10.4. The van der Waals surface area contributed by atoms with Gasteiger partial charge in [0.1, 0.15) is 12.4 Å². The van der Waals surface area contributed by atoms with Crippen molar-refractivity contribution in [1.29, 1.82) is 0 Å². The number of carbonyl (C=O) groups excluding carboxylic acids is 2. The summed E-state index contributed by atoms with van der Waals surface area (Å²) in [6.07, 6.45) is 1.73. The molecule has 0 fully saturated rings. The van der Waals surface area contributed by atoms with Crippen molar-refractivity contribution in [2.75, 3.05) is 7.11 Å². The van der Waals surface area contributed by atoms with E-state index in [4.69, 9.17) is 16.3 Å². The quantitative estimate of drug-likeness (QED) is 0.571. The fourth-order valence-electron chi connectivity index (χ4n) is 2.75. The molecule has 0 unspecified atom stereocenters. The summed E-state index contributed by atoms with van der Waals surface area (Å²) in [6.45, 7) is 2.54. The highest BCUT2D eigenvalue weighted by molar-refractivity contribution is 6.33. The third kappa shape index (κ3) is 5.36. The van der Waals surface area contributed by atoms with E-state index in [1.54, 1.807) is 48.7 Å². The van der Waals surface area contributed by atoms with E-state index < -0.39 is 5.97 Å². The van der Waals surface area contributed by atoms with Crippen molar-refractivity contribution in [3.63, 3.8) is 0 Å². The maximum atomic E-state index is 12.6. The van der Waals surface area contributed by atoms with Crippen LogP contribution in [0, 0.1) is 6.92 Å². The first-order valence-electron chi connectivity index (χ1n) is 9.26. The van der Waals surface area contributed by atoms with Crippen molar-refractivity contribution < 1.29 is 19.1 Å². The second kappa shape index (κ2) is 9.89. The monoisotopic (exact) mass is 424 g/mol. The summed E-state index contributed by atoms with van der Waals surface area (Å²) in [4.78, 5) is 28.3. The Labute approximate surface area is 179 Å². The molecule has 0 aliphatic rings. The number of nitrogens with zero attached hydrogens (tertiary/aromatic N) is 1. The molecule has 0 aliphatic carbocycles. The van der Waals surface area contributed by atoms with Crippen molar-refractivity contribution in [2.24, 2.45) is 0 Å². The first-order valence-corrected chi connectivity index (χ1v) is 9.64. The summed E-state index contributed by atoms with van der Waals surface area (Å²) in [7, 11) is 1.33. The molecule has 7 heteroatoms. The third-order valence-corrected chi connectivity index (χ3v) is 4.85. The van der Waals surface area contributed by atoms with Crippen molar-refractivity contribution in [1.82, 2.24) is 10.3 Å². The van der Waals surface area contributed by atoms with E-state index in [2.05, 4.69) is 15.0 Å². The highest BCUT2D eigenvalue weighted by Gasteiger charge is 2.13. The second-order valence-corrected chi connectivity index (χ2v) is 6.96. The minimum Gasteiger partial charge on any atom is -0.489 e. The fraction of sp³-hybridized carbons (Fsp3) is 0.174. The molecule has 1 amide bonds. The van der Waals surface area contributed by atoms with E-state index in [0.717, 1.165) is 16.8 Å². The highest BCUT2D eigenvalue weighted by Crippen LogP contribution is 2.23. The number of carbonyl (C=O) groups is 2. The zero-order valence-corrected chi connectivity index (χ0v) is 17.4. The SMILES string of the molecule is COC(=O)c1ccc(CNC(=O)c2cc(OCc3cccnc3C)ccc2Cl)cc1. The topological polar surface area (TPSA) is 77.5 Å². The number of hydrogen-bond donors (Lipinski definition) is 1. The van der Waals surface area contributed by atoms with E-state index in [0.29, 0.717) is 28.5 Å². The van der Waals surface area contributed by atoms with Gasteiger partial charge in [-0.25, -0.2) is 4.79 Å². The fourth-order valence-corrected chi connectivity index (χ4v) is 2.96. The molecule has 1 N–H and O–H groups in total. The second-order valence-electron chi connectivity index (χ2n) is 6.55. The molecule has 1 aromatic heterocycles. The molecule has 1 heterocycles. The van der Waals surface area contributed by atoms with Crippen LogP contribution in [0.4, 0.5) is 0 Å². The lowest BCUT2D eigenvalue weighted by molar-refractivity contribution is 0.0600. The van der Waals surface area contributed by atoms with Gasteiger partial charge in [-0.3, -0.25) is 9.78 Å². The van der Waals surface area contributed by atoms with E-state index in [1.165, 1.54) is 7.11 Å². The van der Waals surface area contributed by atoms with E-state index >= 15 is 0 Å². The van der Waals surface area contributed by atoms with E-state index in [-0.39, 0.29) is 12.5 Å². The summed E-state index contributed by atoms with van der Waals surface area (Å²) in [5.41, 5.74) is 3.47. The first kappa shape index (κ1) is 21.3. The Hall–Kier alpha value is -3.38. The lowest BCUT2D eigenvalue weighted by Gasteiger charge is -2.11. The number of benzene rings is 2. The number of aryl methyl sites for hydroxylation is 1. The maximum Gasteiger partial charge on any atom is 0.337 e. The average molecular weight is 425 g/mol. The standard InChI is InChI=1S/C23H21ClN2O4/c1-15-18(4-3-11-25-15)14-30-19-9-10-21(24)20(12-19)22(27)26-13-16-5-7-17(8-6-16)23(28)29-2/h3-12H,13-14H2,1-2H3,(H,26,27). The number of ether oxygens (including phenoxy) is 2. The van der Waals surface area contributed by atoms with Crippen molar-refractivity contribution in [3.05, 3.63) is 93.8 Å². The minimum atomic E-state index is -0.407. The number of amides is 1. The Balaban J connectivity index is 1.63. The van der Waals surface area contributed by atoms with Gasteiger partial charge < -0.3 is 14.8 Å². The highest BCUT2D eigenvalue weighted by atomic mass is 35.5. The summed E-state index contributed by atoms with van der Waals surface area (Å²) in [6, 6.07) is 15.6. The summed E-state index contributed by atoms with van der Waals surface area (Å²) in [5.74, 6) is -0.189.